The van der Waals surface area contributed by atoms with Crippen LogP contribution < -0.4 is 9.47 Å². The standard InChI is InChI=1S/C21H21NO3/c1-3-4-12-25-19-11-10-16(14-20(19)24-2)13-18(15-22)21(23)17-8-6-5-7-9-17/h5-11,13-14H,3-4,12H2,1-2H3/b18-13+. The number of hydrogen-bond donors (Lipinski definition) is 0. The van der Waals surface area contributed by atoms with Crippen molar-refractivity contribution in [3.8, 4) is 17.6 Å². The minimum absolute atomic E-state index is 0.0768. The van der Waals surface area contributed by atoms with Gasteiger partial charge < -0.3 is 9.47 Å². The molecular formula is C21H21NO3. The van der Waals surface area contributed by atoms with E-state index in [2.05, 4.69) is 6.92 Å². The highest BCUT2D eigenvalue weighted by Crippen LogP contribution is 2.29. The number of Topliss-reactive ketones (excluding diaryl/α,β-unsaturated/α-hetero) is 1. The van der Waals surface area contributed by atoms with Gasteiger partial charge in [0.25, 0.3) is 0 Å². The molecule has 0 saturated heterocycles. The normalized spacial score (nSPS) is 10.8. The first kappa shape index (κ1) is 18.3. The first-order chi connectivity index (χ1) is 12.2. The predicted octanol–water partition coefficient (Wildman–Crippen LogP) is 4.66. The molecule has 2 rings (SSSR count). The largest absolute Gasteiger partial charge is 0.493 e. The molecule has 4 heteroatoms. The Labute approximate surface area is 148 Å². The third-order valence-electron chi connectivity index (χ3n) is 3.66. The number of carbonyl (C=O) groups excluding carboxylic acids is 1. The average molecular weight is 335 g/mol. The maximum atomic E-state index is 12.4. The Morgan fingerprint density at radius 3 is 2.56 bits per heavy atom. The van der Waals surface area contributed by atoms with E-state index in [1.54, 1.807) is 55.7 Å². The van der Waals surface area contributed by atoms with Crippen LogP contribution >= 0.6 is 0 Å². The van der Waals surface area contributed by atoms with Crippen molar-refractivity contribution in [2.24, 2.45) is 0 Å². The van der Waals surface area contributed by atoms with Gasteiger partial charge in [-0.3, -0.25) is 4.79 Å². The summed E-state index contributed by atoms with van der Waals surface area (Å²) in [5.74, 6) is 0.931. The Morgan fingerprint density at radius 2 is 1.92 bits per heavy atom. The van der Waals surface area contributed by atoms with E-state index in [0.717, 1.165) is 12.8 Å². The van der Waals surface area contributed by atoms with Gasteiger partial charge in [-0.05, 0) is 30.2 Å². The fourth-order valence-corrected chi connectivity index (χ4v) is 2.28. The Hall–Kier alpha value is -3.06. The lowest BCUT2D eigenvalue weighted by Gasteiger charge is -2.11. The number of allylic oxidation sites excluding steroid dienone is 1. The van der Waals surface area contributed by atoms with Gasteiger partial charge in [0.2, 0.25) is 5.78 Å². The number of unbranched alkanes of at least 4 members (excludes halogenated alkanes) is 1. The Bertz CT molecular complexity index is 789. The molecule has 0 N–H and O–H groups in total. The number of methoxy groups -OCH3 is 1. The van der Waals surface area contributed by atoms with E-state index < -0.39 is 0 Å². The highest BCUT2D eigenvalue weighted by molar-refractivity contribution is 6.14. The van der Waals surface area contributed by atoms with Crippen LogP contribution in [0.3, 0.4) is 0 Å². The molecule has 25 heavy (non-hydrogen) atoms. The smallest absolute Gasteiger partial charge is 0.203 e. The van der Waals surface area contributed by atoms with Crippen LogP contribution in [0.5, 0.6) is 11.5 Å². The summed E-state index contributed by atoms with van der Waals surface area (Å²) in [6, 6.07) is 16.1. The molecular weight excluding hydrogens is 314 g/mol. The lowest BCUT2D eigenvalue weighted by molar-refractivity contribution is 0.104. The van der Waals surface area contributed by atoms with Gasteiger partial charge in [-0.2, -0.15) is 5.26 Å². The third kappa shape index (κ3) is 4.95. The van der Waals surface area contributed by atoms with Gasteiger partial charge in [-0.1, -0.05) is 49.7 Å². The number of nitrogens with zero attached hydrogens (tertiary/aromatic N) is 1. The van der Waals surface area contributed by atoms with E-state index in [9.17, 15) is 10.1 Å². The van der Waals surface area contributed by atoms with Crippen LogP contribution in [0.4, 0.5) is 0 Å². The molecule has 0 fully saturated rings. The van der Waals surface area contributed by atoms with Crippen molar-refractivity contribution in [2.45, 2.75) is 19.8 Å². The molecule has 0 aromatic heterocycles. The van der Waals surface area contributed by atoms with Crippen molar-refractivity contribution >= 4 is 11.9 Å². The van der Waals surface area contributed by atoms with Crippen LogP contribution in [0.2, 0.25) is 0 Å². The summed E-state index contributed by atoms with van der Waals surface area (Å²) in [4.78, 5) is 12.4. The topological polar surface area (TPSA) is 59.3 Å². The third-order valence-corrected chi connectivity index (χ3v) is 3.66. The Morgan fingerprint density at radius 1 is 1.16 bits per heavy atom. The van der Waals surface area contributed by atoms with Gasteiger partial charge in [-0.15, -0.1) is 0 Å². The van der Waals surface area contributed by atoms with Crippen LogP contribution in [-0.2, 0) is 0 Å². The van der Waals surface area contributed by atoms with Crippen LogP contribution in [0.15, 0.2) is 54.1 Å². The minimum Gasteiger partial charge on any atom is -0.493 e. The first-order valence-electron chi connectivity index (χ1n) is 8.22. The SMILES string of the molecule is CCCCOc1ccc(/C=C(\C#N)C(=O)c2ccccc2)cc1OC. The molecule has 0 aliphatic heterocycles. The van der Waals surface area contributed by atoms with Gasteiger partial charge in [0, 0.05) is 5.56 Å². The summed E-state index contributed by atoms with van der Waals surface area (Å²) in [5, 5.41) is 9.35. The van der Waals surface area contributed by atoms with E-state index in [1.807, 2.05) is 12.1 Å². The minimum atomic E-state index is -0.301. The van der Waals surface area contributed by atoms with Crippen molar-refractivity contribution < 1.29 is 14.3 Å². The second kappa shape index (κ2) is 9.29. The van der Waals surface area contributed by atoms with Crippen LogP contribution in [0.1, 0.15) is 35.7 Å². The zero-order chi connectivity index (χ0) is 18.1. The molecule has 0 spiro atoms. The molecule has 2 aromatic carbocycles. The van der Waals surface area contributed by atoms with Crippen molar-refractivity contribution in [3.63, 3.8) is 0 Å². The summed E-state index contributed by atoms with van der Waals surface area (Å²) in [6.45, 7) is 2.72. The zero-order valence-corrected chi connectivity index (χ0v) is 14.5. The molecule has 0 aliphatic rings. The first-order valence-corrected chi connectivity index (χ1v) is 8.22. The van der Waals surface area contributed by atoms with E-state index in [-0.39, 0.29) is 11.4 Å². The van der Waals surface area contributed by atoms with Crippen molar-refractivity contribution in [1.29, 1.82) is 5.26 Å². The summed E-state index contributed by atoms with van der Waals surface area (Å²) in [6.07, 6.45) is 3.58. The van der Waals surface area contributed by atoms with Crippen molar-refractivity contribution in [2.75, 3.05) is 13.7 Å². The van der Waals surface area contributed by atoms with Crippen molar-refractivity contribution in [3.05, 3.63) is 65.2 Å². The molecule has 0 amide bonds. The summed E-state index contributed by atoms with van der Waals surface area (Å²) >= 11 is 0. The quantitative estimate of drug-likeness (QED) is 0.304. The monoisotopic (exact) mass is 335 g/mol. The molecule has 0 aliphatic carbocycles. The van der Waals surface area contributed by atoms with Crippen LogP contribution in [-0.4, -0.2) is 19.5 Å². The average Bonchev–Trinajstić information content (AvgIpc) is 2.67. The maximum absolute atomic E-state index is 12.4. The Kier molecular flexibility index (Phi) is 6.79. The fourth-order valence-electron chi connectivity index (χ4n) is 2.28. The molecule has 0 saturated carbocycles. The lowest BCUT2D eigenvalue weighted by atomic mass is 10.0. The summed E-state index contributed by atoms with van der Waals surface area (Å²) < 4.78 is 11.0. The molecule has 0 bridgehead atoms. The molecule has 128 valence electrons. The van der Waals surface area contributed by atoms with Gasteiger partial charge in [0.15, 0.2) is 11.5 Å². The highest BCUT2D eigenvalue weighted by Gasteiger charge is 2.12. The number of ether oxygens (including phenoxy) is 2. The summed E-state index contributed by atoms with van der Waals surface area (Å²) in [7, 11) is 1.57. The van der Waals surface area contributed by atoms with Gasteiger partial charge >= 0.3 is 0 Å². The van der Waals surface area contributed by atoms with E-state index in [0.29, 0.717) is 29.2 Å². The molecule has 0 radical (unpaired) electrons. The van der Waals surface area contributed by atoms with E-state index in [4.69, 9.17) is 9.47 Å². The van der Waals surface area contributed by atoms with Gasteiger partial charge in [0.1, 0.15) is 11.6 Å². The molecule has 0 unspecified atom stereocenters. The van der Waals surface area contributed by atoms with Crippen LogP contribution in [0, 0.1) is 11.3 Å². The second-order valence-electron chi connectivity index (χ2n) is 5.48. The fraction of sp³-hybridized carbons (Fsp3) is 0.238. The van der Waals surface area contributed by atoms with Gasteiger partial charge in [-0.25, -0.2) is 0 Å². The molecule has 4 nitrogen and oxygen atoms in total. The number of hydrogen-bond acceptors (Lipinski definition) is 4. The predicted molar refractivity (Wildman–Crippen MR) is 97.8 cm³/mol. The molecule has 0 heterocycles. The number of nitriles is 1. The number of benzene rings is 2. The van der Waals surface area contributed by atoms with Gasteiger partial charge in [0.05, 0.1) is 13.7 Å². The highest BCUT2D eigenvalue weighted by atomic mass is 16.5. The summed E-state index contributed by atoms with van der Waals surface area (Å²) in [5.41, 5.74) is 1.27. The number of carbonyl (C=O) groups is 1. The number of ketones is 1. The molecule has 0 atom stereocenters. The Balaban J connectivity index is 2.26. The lowest BCUT2D eigenvalue weighted by Crippen LogP contribution is -2.02. The second-order valence-corrected chi connectivity index (χ2v) is 5.48. The molecule has 2 aromatic rings. The number of rotatable bonds is 8. The van der Waals surface area contributed by atoms with Crippen molar-refractivity contribution in [1.82, 2.24) is 0 Å². The van der Waals surface area contributed by atoms with Crippen LogP contribution in [0.25, 0.3) is 6.08 Å². The maximum Gasteiger partial charge on any atom is 0.203 e. The zero-order valence-electron chi connectivity index (χ0n) is 14.5. The van der Waals surface area contributed by atoms with E-state index in [1.165, 1.54) is 0 Å². The van der Waals surface area contributed by atoms with E-state index >= 15 is 0 Å².